The number of hydrogen-bond acceptors (Lipinski definition) is 5. The van der Waals surface area contributed by atoms with Crippen LogP contribution in [-0.4, -0.2) is 39.1 Å². The van der Waals surface area contributed by atoms with E-state index in [0.29, 0.717) is 5.56 Å². The van der Waals surface area contributed by atoms with Gasteiger partial charge in [0.25, 0.3) is 0 Å². The Labute approximate surface area is 222 Å². The average Bonchev–Trinajstić information content (AvgIpc) is 2.92. The van der Waals surface area contributed by atoms with Crippen molar-refractivity contribution in [3.63, 3.8) is 0 Å². The standard InChI is InChI=1S/C31H30N2O4S/c34-38(35,36)26-12-2-1-9-21(26)27-24-17-19-7-3-13-32-15-5-10-22(28(19)32)30(24)37-31-23-11-6-16-33-14-4-8-20(29(23)33)18-25(27)31/h1-2,9,12,17-18H,3-8,10-11,13-16H2. The first-order valence-corrected chi connectivity index (χ1v) is 15.4. The first-order valence-electron chi connectivity index (χ1n) is 14.0. The van der Waals surface area contributed by atoms with Crippen molar-refractivity contribution >= 4 is 21.4 Å². The summed E-state index contributed by atoms with van der Waals surface area (Å²) in [5.41, 5.74) is 8.67. The molecule has 0 fully saturated rings. The Morgan fingerprint density at radius 2 is 1.55 bits per heavy atom. The van der Waals surface area contributed by atoms with E-state index in [1.807, 2.05) is 6.07 Å². The Morgan fingerprint density at radius 1 is 0.816 bits per heavy atom. The van der Waals surface area contributed by atoms with Crippen LogP contribution in [0.2, 0.25) is 0 Å². The second-order valence-corrected chi connectivity index (χ2v) is 12.6. The molecule has 0 spiro atoms. The van der Waals surface area contributed by atoms with Crippen molar-refractivity contribution in [3.05, 3.63) is 80.4 Å². The average molecular weight is 527 g/mol. The number of ether oxygens (including phenoxy) is 1. The molecule has 0 aliphatic carbocycles. The predicted octanol–water partition coefficient (Wildman–Crippen LogP) is 3.03. The lowest BCUT2D eigenvalue weighted by atomic mass is 9.82. The smallest absolute Gasteiger partial charge is 0.210 e. The number of fused-ring (bicyclic) bond motifs is 4. The predicted molar refractivity (Wildman–Crippen MR) is 145 cm³/mol. The van der Waals surface area contributed by atoms with E-state index in [9.17, 15) is 13.0 Å². The summed E-state index contributed by atoms with van der Waals surface area (Å²) in [6.07, 6.45) is 8.25. The molecule has 5 aliphatic rings. The molecule has 7 heteroatoms. The summed E-state index contributed by atoms with van der Waals surface area (Å²) >= 11 is 0. The Bertz CT molecular complexity index is 1790. The van der Waals surface area contributed by atoms with E-state index in [-0.39, 0.29) is 4.90 Å². The minimum absolute atomic E-state index is 0.158. The van der Waals surface area contributed by atoms with Crippen LogP contribution in [0, 0.1) is 0 Å². The summed E-state index contributed by atoms with van der Waals surface area (Å²) in [6.45, 7) is 4.27. The van der Waals surface area contributed by atoms with Crippen molar-refractivity contribution in [2.75, 3.05) is 31.1 Å². The second-order valence-electron chi connectivity index (χ2n) is 11.3. The van der Waals surface area contributed by atoms with Gasteiger partial charge in [-0.05, 0) is 62.3 Å². The minimum atomic E-state index is -4.68. The Hall–Kier alpha value is -3.16. The van der Waals surface area contributed by atoms with Gasteiger partial charge in [-0.1, -0.05) is 18.2 Å². The summed E-state index contributed by atoms with van der Waals surface area (Å²) in [7, 11) is -4.68. The summed E-state index contributed by atoms with van der Waals surface area (Å²) in [5.74, 6) is 1.72. The molecular weight excluding hydrogens is 496 g/mol. The fourth-order valence-corrected chi connectivity index (χ4v) is 8.38. The molecule has 0 unspecified atom stereocenters. The molecule has 0 bridgehead atoms. The highest BCUT2D eigenvalue weighted by Crippen LogP contribution is 2.48. The third-order valence-electron chi connectivity index (χ3n) is 9.11. The van der Waals surface area contributed by atoms with Crippen LogP contribution in [0.3, 0.4) is 0 Å². The third-order valence-corrected chi connectivity index (χ3v) is 10.0. The molecule has 0 N–H and O–H groups in total. The topological polar surface area (TPSA) is 72.7 Å². The molecule has 0 radical (unpaired) electrons. The van der Waals surface area contributed by atoms with Crippen molar-refractivity contribution in [3.8, 4) is 11.5 Å². The molecular formula is C31H30N2O4S. The monoisotopic (exact) mass is 526 g/mol. The van der Waals surface area contributed by atoms with Crippen LogP contribution >= 0.6 is 0 Å². The minimum Gasteiger partial charge on any atom is -0.744 e. The van der Waals surface area contributed by atoms with Crippen molar-refractivity contribution in [2.45, 2.75) is 56.3 Å². The van der Waals surface area contributed by atoms with Crippen LogP contribution in [0.5, 0.6) is 11.5 Å². The largest absolute Gasteiger partial charge is 0.744 e. The molecule has 0 aromatic heterocycles. The maximum atomic E-state index is 12.5. The van der Waals surface area contributed by atoms with Crippen LogP contribution < -0.4 is 24.8 Å². The normalized spacial score (nSPS) is 19.2. The van der Waals surface area contributed by atoms with Crippen molar-refractivity contribution in [2.24, 2.45) is 0 Å². The zero-order valence-electron chi connectivity index (χ0n) is 21.4. The van der Waals surface area contributed by atoms with E-state index < -0.39 is 10.1 Å². The van der Waals surface area contributed by atoms with E-state index in [1.165, 1.54) is 39.4 Å². The molecule has 0 atom stereocenters. The highest BCUT2D eigenvalue weighted by Gasteiger charge is 2.36. The number of hydrogen-bond donors (Lipinski definition) is 0. The lowest BCUT2D eigenvalue weighted by molar-refractivity contribution is 0.431. The highest BCUT2D eigenvalue weighted by atomic mass is 32.2. The van der Waals surface area contributed by atoms with Gasteiger partial charge in [-0.25, -0.2) is 13.0 Å². The SMILES string of the molecule is O=S(=O)([O-])c1ccccc1C1=c2cc3c4c(c2Oc2c1cc1c5c2CCCN5CCC1)CCC[N+]=4CCC3. The fraction of sp³-hybridized carbons (Fsp3) is 0.387. The van der Waals surface area contributed by atoms with Crippen LogP contribution in [-0.2, 0) is 35.8 Å². The van der Waals surface area contributed by atoms with E-state index in [2.05, 4.69) is 21.6 Å². The quantitative estimate of drug-likeness (QED) is 0.297. The molecule has 0 saturated carbocycles. The highest BCUT2D eigenvalue weighted by molar-refractivity contribution is 7.85. The van der Waals surface area contributed by atoms with Gasteiger partial charge in [0.05, 0.1) is 10.5 Å². The zero-order valence-corrected chi connectivity index (χ0v) is 22.2. The van der Waals surface area contributed by atoms with Crippen LogP contribution in [0.4, 0.5) is 5.69 Å². The molecule has 5 aliphatic heterocycles. The number of nitrogens with zero attached hydrogens (tertiary/aromatic N) is 2. The first kappa shape index (κ1) is 22.8. The van der Waals surface area contributed by atoms with Crippen LogP contribution in [0.25, 0.3) is 5.57 Å². The van der Waals surface area contributed by atoms with Gasteiger partial charge in [0, 0.05) is 64.7 Å². The van der Waals surface area contributed by atoms with Crippen molar-refractivity contribution in [1.82, 2.24) is 4.58 Å². The molecule has 0 saturated heterocycles. The summed E-state index contributed by atoms with van der Waals surface area (Å²) in [4.78, 5) is 2.35. The summed E-state index contributed by atoms with van der Waals surface area (Å²) in [5, 5.41) is 2.25. The zero-order chi connectivity index (χ0) is 25.6. The number of anilines is 1. The molecule has 5 heterocycles. The lowest BCUT2D eigenvalue weighted by Gasteiger charge is -2.39. The van der Waals surface area contributed by atoms with E-state index in [1.54, 1.807) is 12.1 Å². The van der Waals surface area contributed by atoms with Gasteiger partial charge in [-0.3, -0.25) is 0 Å². The van der Waals surface area contributed by atoms with Crippen molar-refractivity contribution < 1.29 is 17.7 Å². The molecule has 6 nitrogen and oxygen atoms in total. The third kappa shape index (κ3) is 3.21. The molecule has 0 amide bonds. The van der Waals surface area contributed by atoms with Gasteiger partial charge in [0.1, 0.15) is 34.7 Å². The number of benzene rings is 3. The second kappa shape index (κ2) is 8.17. The lowest BCUT2D eigenvalue weighted by Crippen LogP contribution is -2.45. The molecule has 3 aromatic rings. The maximum absolute atomic E-state index is 12.5. The van der Waals surface area contributed by atoms with Gasteiger partial charge in [0.15, 0.2) is 0 Å². The van der Waals surface area contributed by atoms with E-state index in [4.69, 9.17) is 4.74 Å². The molecule has 194 valence electrons. The number of aryl methyl sites for hydroxylation is 2. The van der Waals surface area contributed by atoms with Crippen molar-refractivity contribution in [1.29, 1.82) is 0 Å². The van der Waals surface area contributed by atoms with Gasteiger partial charge in [-0.2, -0.15) is 0 Å². The summed E-state index contributed by atoms with van der Waals surface area (Å²) < 4.78 is 47.1. The van der Waals surface area contributed by atoms with Gasteiger partial charge < -0.3 is 14.2 Å². The van der Waals surface area contributed by atoms with Crippen LogP contribution in [0.15, 0.2) is 41.3 Å². The number of rotatable bonds is 2. The molecule has 3 aromatic carbocycles. The van der Waals surface area contributed by atoms with E-state index in [0.717, 1.165) is 105 Å². The van der Waals surface area contributed by atoms with Gasteiger partial charge in [0.2, 0.25) is 5.36 Å². The Balaban J connectivity index is 1.55. The van der Waals surface area contributed by atoms with Gasteiger partial charge >= 0.3 is 0 Å². The maximum Gasteiger partial charge on any atom is 0.210 e. The van der Waals surface area contributed by atoms with E-state index >= 15 is 0 Å². The van der Waals surface area contributed by atoms with Crippen LogP contribution in [0.1, 0.15) is 59.1 Å². The summed E-state index contributed by atoms with van der Waals surface area (Å²) in [6, 6.07) is 11.2. The molecule has 8 rings (SSSR count). The molecule has 38 heavy (non-hydrogen) atoms. The first-order chi connectivity index (χ1) is 18.5. The Morgan fingerprint density at radius 3 is 2.39 bits per heavy atom. The Kier molecular flexibility index (Phi) is 4.90. The fourth-order valence-electron chi connectivity index (χ4n) is 7.69. The van der Waals surface area contributed by atoms with Gasteiger partial charge in [-0.15, -0.1) is 0 Å².